The molecule has 2 atom stereocenters. The summed E-state index contributed by atoms with van der Waals surface area (Å²) in [6.07, 6.45) is 1.91. The molecule has 21 heavy (non-hydrogen) atoms. The van der Waals surface area contributed by atoms with Crippen molar-refractivity contribution in [3.8, 4) is 0 Å². The van der Waals surface area contributed by atoms with Gasteiger partial charge < -0.3 is 5.11 Å². The van der Waals surface area contributed by atoms with Crippen molar-refractivity contribution in [1.82, 2.24) is 4.90 Å². The summed E-state index contributed by atoms with van der Waals surface area (Å²) >= 11 is 0. The summed E-state index contributed by atoms with van der Waals surface area (Å²) in [4.78, 5) is 2.47. The van der Waals surface area contributed by atoms with Crippen LogP contribution in [0, 0.1) is 11.7 Å². The van der Waals surface area contributed by atoms with Gasteiger partial charge in [0.2, 0.25) is 0 Å². The summed E-state index contributed by atoms with van der Waals surface area (Å²) in [5.74, 6) is 0.0714. The normalized spacial score (nSPS) is 25.1. The minimum Gasteiger partial charge on any atom is -0.390 e. The fraction of sp³-hybridized carbons (Fsp3) is 0.667. The zero-order chi connectivity index (χ0) is 15.8. The summed E-state index contributed by atoms with van der Waals surface area (Å²) < 4.78 is 13.2. The van der Waals surface area contributed by atoms with E-state index in [4.69, 9.17) is 0 Å². The topological polar surface area (TPSA) is 23.5 Å². The first-order valence-corrected chi connectivity index (χ1v) is 7.83. The van der Waals surface area contributed by atoms with Gasteiger partial charge in [-0.05, 0) is 77.6 Å². The van der Waals surface area contributed by atoms with Crippen LogP contribution >= 0.6 is 0 Å². The molecule has 0 saturated carbocycles. The van der Waals surface area contributed by atoms with Crippen molar-refractivity contribution in [2.75, 3.05) is 6.54 Å². The fourth-order valence-corrected chi connectivity index (χ4v) is 3.41. The second-order valence-electron chi connectivity index (χ2n) is 7.81. The Balaban J connectivity index is 2.31. The number of benzene rings is 1. The number of halogens is 1. The van der Waals surface area contributed by atoms with Crippen LogP contribution in [-0.4, -0.2) is 27.7 Å². The van der Waals surface area contributed by atoms with Crippen LogP contribution in [0.15, 0.2) is 24.3 Å². The lowest BCUT2D eigenvalue weighted by Gasteiger charge is -2.49. The molecule has 118 valence electrons. The highest BCUT2D eigenvalue weighted by molar-refractivity contribution is 5.21. The third-order valence-corrected chi connectivity index (χ3v) is 4.72. The van der Waals surface area contributed by atoms with Crippen LogP contribution in [-0.2, 0) is 0 Å². The Morgan fingerprint density at radius 2 is 1.67 bits per heavy atom. The Morgan fingerprint density at radius 3 is 2.14 bits per heavy atom. The molecule has 1 fully saturated rings. The van der Waals surface area contributed by atoms with Crippen molar-refractivity contribution in [1.29, 1.82) is 0 Å². The molecule has 1 aliphatic rings. The molecule has 0 bridgehead atoms. The van der Waals surface area contributed by atoms with Crippen LogP contribution in [0.2, 0.25) is 0 Å². The molecule has 2 rings (SSSR count). The average molecular weight is 293 g/mol. The summed E-state index contributed by atoms with van der Waals surface area (Å²) in [5, 5.41) is 10.4. The van der Waals surface area contributed by atoms with Gasteiger partial charge in [-0.25, -0.2) is 4.39 Å². The highest BCUT2D eigenvalue weighted by Gasteiger charge is 2.40. The second kappa shape index (κ2) is 5.69. The van der Waals surface area contributed by atoms with E-state index in [2.05, 4.69) is 25.7 Å². The van der Waals surface area contributed by atoms with Crippen molar-refractivity contribution in [2.24, 2.45) is 5.92 Å². The number of hydrogen-bond acceptors (Lipinski definition) is 2. The minimum atomic E-state index is -0.664. The van der Waals surface area contributed by atoms with Crippen LogP contribution < -0.4 is 0 Å². The Hall–Kier alpha value is -0.930. The molecule has 1 aromatic rings. The second-order valence-corrected chi connectivity index (χ2v) is 7.81. The quantitative estimate of drug-likeness (QED) is 0.885. The van der Waals surface area contributed by atoms with Crippen molar-refractivity contribution in [3.05, 3.63) is 35.6 Å². The smallest absolute Gasteiger partial charge is 0.123 e. The van der Waals surface area contributed by atoms with E-state index in [0.29, 0.717) is 0 Å². The molecule has 1 saturated heterocycles. The van der Waals surface area contributed by atoms with Crippen LogP contribution in [0.5, 0.6) is 0 Å². The standard InChI is InChI=1S/C18H28FNO/c1-17(2,3)20-11-10-14(18(4,5)21)12-16(20)13-6-8-15(19)9-7-13/h6-9,14,16,21H,10-12H2,1-5H3/t14-,16+/m0/s1. The van der Waals surface area contributed by atoms with Gasteiger partial charge >= 0.3 is 0 Å². The number of likely N-dealkylation sites (tertiary alicyclic amines) is 1. The average Bonchev–Trinajstić information content (AvgIpc) is 2.37. The lowest BCUT2D eigenvalue weighted by molar-refractivity contribution is -0.0513. The highest BCUT2D eigenvalue weighted by Crippen LogP contribution is 2.42. The number of nitrogens with zero attached hydrogens (tertiary/aromatic N) is 1. The van der Waals surface area contributed by atoms with Gasteiger partial charge in [0.1, 0.15) is 5.82 Å². The van der Waals surface area contributed by atoms with Gasteiger partial charge in [0.25, 0.3) is 0 Å². The van der Waals surface area contributed by atoms with Crippen LogP contribution in [0.4, 0.5) is 4.39 Å². The predicted molar refractivity (Wildman–Crippen MR) is 84.6 cm³/mol. The molecular weight excluding hydrogens is 265 g/mol. The lowest BCUT2D eigenvalue weighted by atomic mass is 9.77. The van der Waals surface area contributed by atoms with E-state index in [1.807, 2.05) is 26.0 Å². The molecule has 0 radical (unpaired) electrons. The van der Waals surface area contributed by atoms with Crippen LogP contribution in [0.3, 0.4) is 0 Å². The van der Waals surface area contributed by atoms with E-state index in [9.17, 15) is 9.50 Å². The SMILES string of the molecule is CC(C)(O)[C@H]1CCN(C(C)(C)C)[C@@H](c2ccc(F)cc2)C1. The van der Waals surface area contributed by atoms with E-state index in [-0.39, 0.29) is 23.3 Å². The van der Waals surface area contributed by atoms with Gasteiger partial charge in [-0.2, -0.15) is 0 Å². The third-order valence-electron chi connectivity index (χ3n) is 4.72. The molecule has 1 heterocycles. The summed E-state index contributed by atoms with van der Waals surface area (Å²) in [6, 6.07) is 7.06. The molecule has 1 N–H and O–H groups in total. The highest BCUT2D eigenvalue weighted by atomic mass is 19.1. The van der Waals surface area contributed by atoms with Gasteiger partial charge in [0, 0.05) is 11.6 Å². The van der Waals surface area contributed by atoms with Gasteiger partial charge in [0.05, 0.1) is 5.60 Å². The number of aliphatic hydroxyl groups is 1. The van der Waals surface area contributed by atoms with Crippen LogP contribution in [0.1, 0.15) is 59.1 Å². The fourth-order valence-electron chi connectivity index (χ4n) is 3.41. The maximum atomic E-state index is 13.2. The summed E-state index contributed by atoms with van der Waals surface area (Å²) in [6.45, 7) is 11.4. The molecule has 2 nitrogen and oxygen atoms in total. The van der Waals surface area contributed by atoms with Gasteiger partial charge in [-0.3, -0.25) is 4.90 Å². The van der Waals surface area contributed by atoms with Crippen molar-refractivity contribution < 1.29 is 9.50 Å². The van der Waals surface area contributed by atoms with Crippen molar-refractivity contribution in [2.45, 2.75) is 64.6 Å². The minimum absolute atomic E-state index is 0.0591. The Labute approximate surface area is 128 Å². The number of hydrogen-bond donors (Lipinski definition) is 1. The zero-order valence-electron chi connectivity index (χ0n) is 13.9. The molecule has 1 aliphatic heterocycles. The summed E-state index contributed by atoms with van der Waals surface area (Å²) in [7, 11) is 0. The Morgan fingerprint density at radius 1 is 1.10 bits per heavy atom. The molecule has 1 aromatic carbocycles. The van der Waals surface area contributed by atoms with E-state index in [1.165, 1.54) is 12.1 Å². The Kier molecular flexibility index (Phi) is 4.46. The zero-order valence-corrected chi connectivity index (χ0v) is 13.9. The molecule has 0 spiro atoms. The van der Waals surface area contributed by atoms with Crippen LogP contribution in [0.25, 0.3) is 0 Å². The van der Waals surface area contributed by atoms with Crippen molar-refractivity contribution in [3.63, 3.8) is 0 Å². The Bertz CT molecular complexity index is 469. The maximum Gasteiger partial charge on any atom is 0.123 e. The van der Waals surface area contributed by atoms with E-state index >= 15 is 0 Å². The molecule has 0 aliphatic carbocycles. The molecule has 0 amide bonds. The summed E-state index contributed by atoms with van der Waals surface area (Å²) in [5.41, 5.74) is 0.534. The molecule has 0 aromatic heterocycles. The van der Waals surface area contributed by atoms with E-state index < -0.39 is 5.60 Å². The van der Waals surface area contributed by atoms with Crippen molar-refractivity contribution >= 4 is 0 Å². The first-order valence-electron chi connectivity index (χ1n) is 7.83. The largest absolute Gasteiger partial charge is 0.390 e. The van der Waals surface area contributed by atoms with Gasteiger partial charge in [-0.15, -0.1) is 0 Å². The maximum absolute atomic E-state index is 13.2. The van der Waals surface area contributed by atoms with Gasteiger partial charge in [0.15, 0.2) is 0 Å². The third kappa shape index (κ3) is 3.83. The van der Waals surface area contributed by atoms with E-state index in [1.54, 1.807) is 0 Å². The molecular formula is C18H28FNO. The number of rotatable bonds is 2. The number of piperidine rings is 1. The van der Waals surface area contributed by atoms with Gasteiger partial charge in [-0.1, -0.05) is 12.1 Å². The predicted octanol–water partition coefficient (Wildman–Crippen LogP) is 4.15. The first kappa shape index (κ1) is 16.4. The first-order chi connectivity index (χ1) is 9.59. The monoisotopic (exact) mass is 293 g/mol. The lowest BCUT2D eigenvalue weighted by Crippen LogP contribution is -2.50. The molecule has 0 unspecified atom stereocenters. The van der Waals surface area contributed by atoms with E-state index in [0.717, 1.165) is 24.9 Å². The molecule has 3 heteroatoms.